The lowest BCUT2D eigenvalue weighted by atomic mass is 10.2. The molecule has 0 spiro atoms. The SMILES string of the molecule is CC1Oc2ccc(NC(=O)CCc3nc4ccccc4s3)cc2NC1=O. The number of hydrogen-bond acceptors (Lipinski definition) is 5. The predicted molar refractivity (Wildman–Crippen MR) is 102 cm³/mol. The molecule has 2 aromatic carbocycles. The summed E-state index contributed by atoms with van der Waals surface area (Å²) < 4.78 is 6.63. The third-order valence-electron chi connectivity index (χ3n) is 4.10. The molecule has 2 heterocycles. The van der Waals surface area contributed by atoms with E-state index in [0.717, 1.165) is 15.2 Å². The third kappa shape index (κ3) is 3.39. The number of para-hydroxylation sites is 1. The molecule has 1 aromatic heterocycles. The Labute approximate surface area is 154 Å². The van der Waals surface area contributed by atoms with Crippen LogP contribution in [0.3, 0.4) is 0 Å². The Morgan fingerprint density at radius 2 is 2.15 bits per heavy atom. The second kappa shape index (κ2) is 6.76. The van der Waals surface area contributed by atoms with Gasteiger partial charge in [0, 0.05) is 18.5 Å². The molecule has 0 aliphatic carbocycles. The zero-order valence-corrected chi connectivity index (χ0v) is 14.9. The molecule has 0 saturated heterocycles. The summed E-state index contributed by atoms with van der Waals surface area (Å²) in [5.74, 6) is 0.307. The molecule has 26 heavy (non-hydrogen) atoms. The average Bonchev–Trinajstić information content (AvgIpc) is 3.04. The molecule has 0 bridgehead atoms. The van der Waals surface area contributed by atoms with Crippen LogP contribution >= 0.6 is 11.3 Å². The molecule has 1 aliphatic rings. The van der Waals surface area contributed by atoms with Crippen LogP contribution in [0.2, 0.25) is 0 Å². The van der Waals surface area contributed by atoms with Crippen LogP contribution in [0.1, 0.15) is 18.4 Å². The number of fused-ring (bicyclic) bond motifs is 2. The molecular weight excluding hydrogens is 350 g/mol. The number of aryl methyl sites for hydroxylation is 1. The van der Waals surface area contributed by atoms with Gasteiger partial charge in [0.2, 0.25) is 5.91 Å². The number of rotatable bonds is 4. The average molecular weight is 367 g/mol. The molecule has 1 unspecified atom stereocenters. The standard InChI is InChI=1S/C19H17N3O3S/c1-11-19(24)22-14-10-12(6-7-15(14)25-11)20-17(23)8-9-18-21-13-4-2-3-5-16(13)26-18/h2-7,10-11H,8-9H2,1H3,(H,20,23)(H,22,24). The molecular formula is C19H17N3O3S. The molecule has 6 nitrogen and oxygen atoms in total. The molecule has 0 saturated carbocycles. The Hall–Kier alpha value is -2.93. The van der Waals surface area contributed by atoms with Crippen molar-refractivity contribution in [2.75, 3.05) is 10.6 Å². The van der Waals surface area contributed by atoms with Gasteiger partial charge in [-0.1, -0.05) is 12.1 Å². The zero-order chi connectivity index (χ0) is 18.1. The lowest BCUT2D eigenvalue weighted by Crippen LogP contribution is -2.34. The summed E-state index contributed by atoms with van der Waals surface area (Å²) in [6, 6.07) is 13.1. The molecule has 0 radical (unpaired) electrons. The number of carbonyl (C=O) groups is 2. The Balaban J connectivity index is 1.39. The fourth-order valence-electron chi connectivity index (χ4n) is 2.76. The number of hydrogen-bond donors (Lipinski definition) is 2. The molecule has 2 N–H and O–H groups in total. The minimum absolute atomic E-state index is 0.0966. The van der Waals surface area contributed by atoms with Gasteiger partial charge in [-0.3, -0.25) is 9.59 Å². The summed E-state index contributed by atoms with van der Waals surface area (Å²) in [6.07, 6.45) is 0.418. The molecule has 1 atom stereocenters. The van der Waals surface area contributed by atoms with Crippen LogP contribution < -0.4 is 15.4 Å². The van der Waals surface area contributed by atoms with Gasteiger partial charge in [-0.25, -0.2) is 4.98 Å². The van der Waals surface area contributed by atoms with E-state index >= 15 is 0 Å². The van der Waals surface area contributed by atoms with Crippen LogP contribution in [-0.2, 0) is 16.0 Å². The zero-order valence-electron chi connectivity index (χ0n) is 14.1. The van der Waals surface area contributed by atoms with Crippen molar-refractivity contribution in [3.63, 3.8) is 0 Å². The van der Waals surface area contributed by atoms with Crippen molar-refractivity contribution in [3.8, 4) is 5.75 Å². The predicted octanol–water partition coefficient (Wildman–Crippen LogP) is 3.59. The first kappa shape index (κ1) is 16.5. The van der Waals surface area contributed by atoms with Gasteiger partial charge in [0.25, 0.3) is 5.91 Å². The quantitative estimate of drug-likeness (QED) is 0.738. The van der Waals surface area contributed by atoms with E-state index in [4.69, 9.17) is 4.74 Å². The smallest absolute Gasteiger partial charge is 0.265 e. The van der Waals surface area contributed by atoms with Crippen molar-refractivity contribution in [3.05, 3.63) is 47.5 Å². The highest BCUT2D eigenvalue weighted by atomic mass is 32.1. The molecule has 1 aliphatic heterocycles. The van der Waals surface area contributed by atoms with Gasteiger partial charge in [-0.15, -0.1) is 11.3 Å². The number of thiazole rings is 1. The Morgan fingerprint density at radius 3 is 3.00 bits per heavy atom. The highest BCUT2D eigenvalue weighted by molar-refractivity contribution is 7.18. The van der Waals surface area contributed by atoms with Crippen LogP contribution in [0.15, 0.2) is 42.5 Å². The van der Waals surface area contributed by atoms with Gasteiger partial charge >= 0.3 is 0 Å². The fraction of sp³-hybridized carbons (Fsp3) is 0.211. The van der Waals surface area contributed by atoms with Crippen LogP contribution in [-0.4, -0.2) is 22.9 Å². The van der Waals surface area contributed by atoms with E-state index in [1.165, 1.54) is 0 Å². The summed E-state index contributed by atoms with van der Waals surface area (Å²) in [5, 5.41) is 6.57. The van der Waals surface area contributed by atoms with E-state index in [0.29, 0.717) is 30.0 Å². The first-order valence-corrected chi connectivity index (χ1v) is 9.16. The van der Waals surface area contributed by atoms with E-state index in [9.17, 15) is 9.59 Å². The monoisotopic (exact) mass is 367 g/mol. The van der Waals surface area contributed by atoms with Gasteiger partial charge in [0.1, 0.15) is 5.75 Å². The number of benzene rings is 2. The summed E-state index contributed by atoms with van der Waals surface area (Å²) in [5.41, 5.74) is 2.15. The normalized spacial score (nSPS) is 15.9. The summed E-state index contributed by atoms with van der Waals surface area (Å²) in [7, 11) is 0. The van der Waals surface area contributed by atoms with Crippen LogP contribution in [0.5, 0.6) is 5.75 Å². The van der Waals surface area contributed by atoms with Crippen molar-refractivity contribution >= 4 is 44.7 Å². The molecule has 7 heteroatoms. The van der Waals surface area contributed by atoms with Crippen LogP contribution in [0.4, 0.5) is 11.4 Å². The second-order valence-corrected chi connectivity index (χ2v) is 7.20. The maximum Gasteiger partial charge on any atom is 0.265 e. The van der Waals surface area contributed by atoms with Crippen molar-refractivity contribution < 1.29 is 14.3 Å². The van der Waals surface area contributed by atoms with Crippen molar-refractivity contribution in [1.29, 1.82) is 0 Å². The van der Waals surface area contributed by atoms with E-state index in [2.05, 4.69) is 15.6 Å². The summed E-state index contributed by atoms with van der Waals surface area (Å²) in [6.45, 7) is 1.69. The van der Waals surface area contributed by atoms with Crippen molar-refractivity contribution in [2.45, 2.75) is 25.9 Å². The number of carbonyl (C=O) groups excluding carboxylic acids is 2. The maximum absolute atomic E-state index is 12.2. The number of ether oxygens (including phenoxy) is 1. The molecule has 132 valence electrons. The number of amides is 2. The molecule has 0 fully saturated rings. The van der Waals surface area contributed by atoms with Gasteiger partial charge < -0.3 is 15.4 Å². The van der Waals surface area contributed by atoms with E-state index in [-0.39, 0.29) is 11.8 Å². The second-order valence-electron chi connectivity index (χ2n) is 6.08. The molecule has 2 amide bonds. The Bertz CT molecular complexity index is 966. The van der Waals surface area contributed by atoms with Crippen molar-refractivity contribution in [2.24, 2.45) is 0 Å². The minimum Gasteiger partial charge on any atom is -0.479 e. The fourth-order valence-corrected chi connectivity index (χ4v) is 3.72. The van der Waals surface area contributed by atoms with E-state index in [1.54, 1.807) is 36.5 Å². The number of aromatic nitrogens is 1. The van der Waals surface area contributed by atoms with Crippen LogP contribution in [0.25, 0.3) is 10.2 Å². The number of nitrogens with zero attached hydrogens (tertiary/aromatic N) is 1. The lowest BCUT2D eigenvalue weighted by Gasteiger charge is -2.23. The van der Waals surface area contributed by atoms with Crippen LogP contribution in [0, 0.1) is 0 Å². The highest BCUT2D eigenvalue weighted by Gasteiger charge is 2.23. The van der Waals surface area contributed by atoms with E-state index in [1.807, 2.05) is 24.3 Å². The first-order valence-electron chi connectivity index (χ1n) is 8.34. The van der Waals surface area contributed by atoms with Gasteiger partial charge in [-0.05, 0) is 37.3 Å². The summed E-state index contributed by atoms with van der Waals surface area (Å²) >= 11 is 1.61. The Morgan fingerprint density at radius 1 is 1.31 bits per heavy atom. The number of anilines is 2. The van der Waals surface area contributed by atoms with Crippen molar-refractivity contribution in [1.82, 2.24) is 4.98 Å². The lowest BCUT2D eigenvalue weighted by molar-refractivity contribution is -0.122. The number of nitrogens with one attached hydrogen (secondary N) is 2. The molecule has 3 aromatic rings. The minimum atomic E-state index is -0.517. The van der Waals surface area contributed by atoms with Gasteiger partial charge in [0.15, 0.2) is 6.10 Å². The largest absolute Gasteiger partial charge is 0.479 e. The third-order valence-corrected chi connectivity index (χ3v) is 5.19. The topological polar surface area (TPSA) is 80.3 Å². The molecule has 4 rings (SSSR count). The van der Waals surface area contributed by atoms with Gasteiger partial charge in [0.05, 0.1) is 20.9 Å². The first-order chi connectivity index (χ1) is 12.6. The van der Waals surface area contributed by atoms with E-state index < -0.39 is 6.10 Å². The highest BCUT2D eigenvalue weighted by Crippen LogP contribution is 2.32. The summed E-state index contributed by atoms with van der Waals surface area (Å²) in [4.78, 5) is 28.5. The Kier molecular flexibility index (Phi) is 4.30. The maximum atomic E-state index is 12.2. The van der Waals surface area contributed by atoms with Gasteiger partial charge in [-0.2, -0.15) is 0 Å².